The molecule has 0 aliphatic carbocycles. The molecule has 1 aliphatic rings. The fourth-order valence-corrected chi connectivity index (χ4v) is 3.95. The van der Waals surface area contributed by atoms with Crippen LogP contribution in [0, 0.1) is 0 Å². The molecular weight excluding hydrogens is 398 g/mol. The molecule has 0 radical (unpaired) electrons. The van der Waals surface area contributed by atoms with Crippen LogP contribution in [-0.2, 0) is 0 Å². The highest BCUT2D eigenvalue weighted by atomic mass is 16.5. The van der Waals surface area contributed by atoms with Crippen LogP contribution in [-0.4, -0.2) is 44.0 Å². The van der Waals surface area contributed by atoms with Crippen LogP contribution in [0.2, 0.25) is 0 Å². The number of methoxy groups -OCH3 is 1. The lowest BCUT2D eigenvalue weighted by atomic mass is 9.94. The van der Waals surface area contributed by atoms with Crippen molar-refractivity contribution in [2.24, 2.45) is 0 Å². The number of hydrogen-bond acceptors (Lipinski definition) is 4. The summed E-state index contributed by atoms with van der Waals surface area (Å²) >= 11 is 0. The second-order valence-electron chi connectivity index (χ2n) is 7.95. The molecule has 4 heteroatoms. The molecule has 0 N–H and O–H groups in total. The van der Waals surface area contributed by atoms with Crippen LogP contribution in [0.3, 0.4) is 0 Å². The molecule has 0 amide bonds. The van der Waals surface area contributed by atoms with E-state index in [1.165, 1.54) is 25.9 Å². The van der Waals surface area contributed by atoms with Gasteiger partial charge in [0.2, 0.25) is 0 Å². The lowest BCUT2D eigenvalue weighted by Gasteiger charge is -2.15. The van der Waals surface area contributed by atoms with Gasteiger partial charge in [-0.25, -0.2) is 0 Å². The van der Waals surface area contributed by atoms with Crippen molar-refractivity contribution in [1.82, 2.24) is 4.90 Å². The fourth-order valence-electron chi connectivity index (χ4n) is 3.95. The van der Waals surface area contributed by atoms with Gasteiger partial charge >= 0.3 is 0 Å². The monoisotopic (exact) mass is 427 g/mol. The molecule has 3 aromatic rings. The first kappa shape index (κ1) is 21.8. The highest BCUT2D eigenvalue weighted by molar-refractivity contribution is 6.32. The van der Waals surface area contributed by atoms with E-state index in [1.807, 2.05) is 84.9 Å². The molecular formula is C28H29NO3. The van der Waals surface area contributed by atoms with Gasteiger partial charge in [-0.05, 0) is 79.5 Å². The Kier molecular flexibility index (Phi) is 7.36. The Morgan fingerprint density at radius 2 is 1.62 bits per heavy atom. The van der Waals surface area contributed by atoms with E-state index in [9.17, 15) is 4.79 Å². The summed E-state index contributed by atoms with van der Waals surface area (Å²) < 4.78 is 11.2. The number of ether oxygens (including phenoxy) is 2. The van der Waals surface area contributed by atoms with Gasteiger partial charge in [-0.15, -0.1) is 0 Å². The molecule has 1 heterocycles. The Bertz CT molecular complexity index is 1050. The third-order valence-corrected chi connectivity index (χ3v) is 5.73. The van der Waals surface area contributed by atoms with E-state index in [4.69, 9.17) is 9.47 Å². The van der Waals surface area contributed by atoms with Crippen molar-refractivity contribution in [2.75, 3.05) is 33.4 Å². The summed E-state index contributed by atoms with van der Waals surface area (Å²) in [6.45, 7) is 3.94. The van der Waals surface area contributed by atoms with Crippen molar-refractivity contribution in [3.05, 3.63) is 95.6 Å². The van der Waals surface area contributed by atoms with Gasteiger partial charge in [0, 0.05) is 17.7 Å². The van der Waals surface area contributed by atoms with E-state index in [-0.39, 0.29) is 5.78 Å². The molecule has 0 spiro atoms. The first-order valence-electron chi connectivity index (χ1n) is 11.1. The number of carbonyl (C=O) groups excluding carboxylic acids is 1. The molecule has 0 atom stereocenters. The standard InChI is InChI=1S/C28H29NO3/c1-31-26-11-7-8-22(20-26)21-27(23-9-3-2-4-10-23)28(30)24-12-14-25(15-13-24)32-19-18-29-16-5-6-17-29/h2-4,7-15,20-21H,5-6,16-19H2,1H3. The Morgan fingerprint density at radius 3 is 2.34 bits per heavy atom. The minimum absolute atomic E-state index is 0.0253. The summed E-state index contributed by atoms with van der Waals surface area (Å²) in [5, 5.41) is 0. The lowest BCUT2D eigenvalue weighted by Crippen LogP contribution is -2.25. The Morgan fingerprint density at radius 1 is 0.875 bits per heavy atom. The van der Waals surface area contributed by atoms with Gasteiger partial charge in [-0.3, -0.25) is 9.69 Å². The van der Waals surface area contributed by atoms with Crippen LogP contribution in [0.1, 0.15) is 34.3 Å². The smallest absolute Gasteiger partial charge is 0.193 e. The highest BCUT2D eigenvalue weighted by Crippen LogP contribution is 2.25. The number of likely N-dealkylation sites (tertiary alicyclic amines) is 1. The SMILES string of the molecule is COc1cccc(C=C(C(=O)c2ccc(OCCN3CCCC3)cc2)c2ccccc2)c1. The minimum Gasteiger partial charge on any atom is -0.497 e. The Balaban J connectivity index is 1.52. The van der Waals surface area contributed by atoms with Crippen molar-refractivity contribution in [3.63, 3.8) is 0 Å². The summed E-state index contributed by atoms with van der Waals surface area (Å²) in [6.07, 6.45) is 4.48. The maximum atomic E-state index is 13.5. The summed E-state index contributed by atoms with van der Waals surface area (Å²) in [6, 6.07) is 24.9. The average molecular weight is 428 g/mol. The summed E-state index contributed by atoms with van der Waals surface area (Å²) in [4.78, 5) is 15.9. The third kappa shape index (κ3) is 5.65. The first-order chi connectivity index (χ1) is 15.7. The third-order valence-electron chi connectivity index (χ3n) is 5.73. The molecule has 1 saturated heterocycles. The second kappa shape index (κ2) is 10.8. The van der Waals surface area contributed by atoms with Crippen LogP contribution in [0.5, 0.6) is 11.5 Å². The number of allylic oxidation sites excluding steroid dienone is 1. The van der Waals surface area contributed by atoms with Crippen LogP contribution < -0.4 is 9.47 Å². The number of ketones is 1. The number of carbonyl (C=O) groups is 1. The Labute approximate surface area is 190 Å². The van der Waals surface area contributed by atoms with Gasteiger partial charge in [-0.1, -0.05) is 42.5 Å². The Hall–Kier alpha value is -3.37. The summed E-state index contributed by atoms with van der Waals surface area (Å²) in [5.74, 6) is 1.52. The average Bonchev–Trinajstić information content (AvgIpc) is 3.37. The summed E-state index contributed by atoms with van der Waals surface area (Å²) in [7, 11) is 1.64. The number of benzene rings is 3. The van der Waals surface area contributed by atoms with Crippen LogP contribution >= 0.6 is 0 Å². The number of rotatable bonds is 9. The van der Waals surface area contributed by atoms with Gasteiger partial charge in [0.05, 0.1) is 7.11 Å². The van der Waals surface area contributed by atoms with Crippen LogP contribution in [0.15, 0.2) is 78.9 Å². The van der Waals surface area contributed by atoms with Crippen molar-refractivity contribution < 1.29 is 14.3 Å². The van der Waals surface area contributed by atoms with E-state index in [1.54, 1.807) is 7.11 Å². The first-order valence-corrected chi connectivity index (χ1v) is 11.1. The van der Waals surface area contributed by atoms with E-state index < -0.39 is 0 Å². The zero-order valence-electron chi connectivity index (χ0n) is 18.5. The maximum Gasteiger partial charge on any atom is 0.193 e. The van der Waals surface area contributed by atoms with Gasteiger partial charge < -0.3 is 9.47 Å². The molecule has 1 aliphatic heterocycles. The van der Waals surface area contributed by atoms with Crippen molar-refractivity contribution in [1.29, 1.82) is 0 Å². The predicted molar refractivity (Wildman–Crippen MR) is 129 cm³/mol. The van der Waals surface area contributed by atoms with E-state index in [0.29, 0.717) is 17.7 Å². The molecule has 0 saturated carbocycles. The second-order valence-corrected chi connectivity index (χ2v) is 7.95. The van der Waals surface area contributed by atoms with Crippen molar-refractivity contribution in [2.45, 2.75) is 12.8 Å². The molecule has 0 bridgehead atoms. The van der Waals surface area contributed by atoms with Gasteiger partial charge in [0.15, 0.2) is 5.78 Å². The molecule has 164 valence electrons. The van der Waals surface area contributed by atoms with E-state index >= 15 is 0 Å². The zero-order valence-corrected chi connectivity index (χ0v) is 18.5. The molecule has 32 heavy (non-hydrogen) atoms. The van der Waals surface area contributed by atoms with Gasteiger partial charge in [0.25, 0.3) is 0 Å². The topological polar surface area (TPSA) is 38.8 Å². The van der Waals surface area contributed by atoms with Crippen molar-refractivity contribution in [3.8, 4) is 11.5 Å². The normalized spacial score (nSPS) is 14.3. The minimum atomic E-state index is -0.0253. The van der Waals surface area contributed by atoms with Crippen LogP contribution in [0.4, 0.5) is 0 Å². The molecule has 0 aromatic heterocycles. The summed E-state index contributed by atoms with van der Waals surface area (Å²) in [5.41, 5.74) is 3.07. The maximum absolute atomic E-state index is 13.5. The number of hydrogen-bond donors (Lipinski definition) is 0. The lowest BCUT2D eigenvalue weighted by molar-refractivity contribution is 0.105. The molecule has 4 nitrogen and oxygen atoms in total. The molecule has 1 fully saturated rings. The largest absolute Gasteiger partial charge is 0.497 e. The van der Waals surface area contributed by atoms with E-state index in [0.717, 1.165) is 29.2 Å². The van der Waals surface area contributed by atoms with E-state index in [2.05, 4.69) is 4.90 Å². The van der Waals surface area contributed by atoms with Crippen LogP contribution in [0.25, 0.3) is 11.6 Å². The molecule has 4 rings (SSSR count). The van der Waals surface area contributed by atoms with Gasteiger partial charge in [-0.2, -0.15) is 0 Å². The highest BCUT2D eigenvalue weighted by Gasteiger charge is 2.15. The molecule has 3 aromatic carbocycles. The predicted octanol–water partition coefficient (Wildman–Crippen LogP) is 5.59. The molecule has 0 unspecified atom stereocenters. The number of Topliss-reactive ketones (excluding diaryl/α,β-unsaturated/α-hetero) is 1. The van der Waals surface area contributed by atoms with Gasteiger partial charge in [0.1, 0.15) is 18.1 Å². The quantitative estimate of drug-likeness (QED) is 0.253. The zero-order chi connectivity index (χ0) is 22.2. The fraction of sp³-hybridized carbons (Fsp3) is 0.250. The number of nitrogens with zero attached hydrogens (tertiary/aromatic N) is 1. The van der Waals surface area contributed by atoms with Crippen molar-refractivity contribution >= 4 is 17.4 Å².